The van der Waals surface area contributed by atoms with Crippen LogP contribution in [0.5, 0.6) is 0 Å². The largest absolute Gasteiger partial charge is 0.382 e. The summed E-state index contributed by atoms with van der Waals surface area (Å²) >= 11 is 3.55. The molecule has 1 N–H and O–H groups in total. The first-order valence-corrected chi connectivity index (χ1v) is 8.37. The van der Waals surface area contributed by atoms with Crippen LogP contribution in [0.15, 0.2) is 22.7 Å². The normalized spacial score (nSPS) is 25.6. The molecule has 1 aromatic rings. The van der Waals surface area contributed by atoms with Crippen molar-refractivity contribution in [1.82, 2.24) is 4.90 Å². The number of hydrogen-bond donors (Lipinski definition) is 1. The molecule has 0 aromatic heterocycles. The zero-order valence-electron chi connectivity index (χ0n) is 13.1. The zero-order chi connectivity index (χ0) is 15.5. The van der Waals surface area contributed by atoms with E-state index >= 15 is 0 Å². The molecular formula is C17H24BrN3. The summed E-state index contributed by atoms with van der Waals surface area (Å²) in [5.74, 6) is 0.785. The van der Waals surface area contributed by atoms with Crippen LogP contribution in [-0.2, 0) is 0 Å². The number of nitrogens with zero attached hydrogens (tertiary/aromatic N) is 2. The molecule has 4 heteroatoms. The average Bonchev–Trinajstić information content (AvgIpc) is 2.45. The Morgan fingerprint density at radius 3 is 2.81 bits per heavy atom. The molecule has 2 atom stereocenters. The third-order valence-electron chi connectivity index (χ3n) is 4.72. The predicted octanol–water partition coefficient (Wildman–Crippen LogP) is 4.24. The van der Waals surface area contributed by atoms with Crippen LogP contribution in [0.1, 0.15) is 38.2 Å². The van der Waals surface area contributed by atoms with Crippen molar-refractivity contribution in [2.24, 2.45) is 5.92 Å². The fraction of sp³-hybridized carbons (Fsp3) is 0.588. The Hall–Kier alpha value is -1.05. The highest BCUT2D eigenvalue weighted by atomic mass is 79.9. The van der Waals surface area contributed by atoms with Crippen LogP contribution >= 0.6 is 15.9 Å². The second-order valence-corrected chi connectivity index (χ2v) is 7.33. The number of rotatable bonds is 4. The molecule has 0 bridgehead atoms. The topological polar surface area (TPSA) is 39.1 Å². The van der Waals surface area contributed by atoms with Crippen molar-refractivity contribution < 1.29 is 0 Å². The summed E-state index contributed by atoms with van der Waals surface area (Å²) in [7, 11) is 4.38. The van der Waals surface area contributed by atoms with Crippen molar-refractivity contribution in [2.45, 2.75) is 38.1 Å². The molecule has 1 aromatic carbocycles. The number of anilines is 1. The van der Waals surface area contributed by atoms with Crippen LogP contribution in [0, 0.1) is 17.2 Å². The first-order valence-electron chi connectivity index (χ1n) is 7.58. The van der Waals surface area contributed by atoms with Crippen molar-refractivity contribution in [3.05, 3.63) is 28.2 Å². The SMILES string of the molecule is CC1CCCC(CNc2ccc(C#N)cc2Br)(N(C)C)C1. The first kappa shape index (κ1) is 16.3. The minimum absolute atomic E-state index is 0.227. The van der Waals surface area contributed by atoms with Crippen LogP contribution in [0.3, 0.4) is 0 Å². The molecule has 0 aliphatic heterocycles. The van der Waals surface area contributed by atoms with Crippen molar-refractivity contribution >= 4 is 21.6 Å². The van der Waals surface area contributed by atoms with Crippen LogP contribution in [-0.4, -0.2) is 31.1 Å². The van der Waals surface area contributed by atoms with Gasteiger partial charge in [-0.05, 0) is 67.0 Å². The van der Waals surface area contributed by atoms with Crippen LogP contribution in [0.25, 0.3) is 0 Å². The summed E-state index contributed by atoms with van der Waals surface area (Å²) in [6.07, 6.45) is 5.12. The molecule has 2 rings (SSSR count). The summed E-state index contributed by atoms with van der Waals surface area (Å²) in [4.78, 5) is 2.38. The fourth-order valence-electron chi connectivity index (χ4n) is 3.34. The van der Waals surface area contributed by atoms with Gasteiger partial charge < -0.3 is 10.2 Å². The second-order valence-electron chi connectivity index (χ2n) is 6.48. The van der Waals surface area contributed by atoms with E-state index in [1.165, 1.54) is 25.7 Å². The van der Waals surface area contributed by atoms with Crippen molar-refractivity contribution in [1.29, 1.82) is 5.26 Å². The van der Waals surface area contributed by atoms with Crippen LogP contribution in [0.4, 0.5) is 5.69 Å². The van der Waals surface area contributed by atoms with Gasteiger partial charge in [0.25, 0.3) is 0 Å². The lowest BCUT2D eigenvalue weighted by Crippen LogP contribution is -2.52. The van der Waals surface area contributed by atoms with Crippen molar-refractivity contribution in [3.8, 4) is 6.07 Å². The number of hydrogen-bond acceptors (Lipinski definition) is 3. The smallest absolute Gasteiger partial charge is 0.0992 e. The quantitative estimate of drug-likeness (QED) is 0.883. The van der Waals surface area contributed by atoms with Gasteiger partial charge >= 0.3 is 0 Å². The minimum Gasteiger partial charge on any atom is -0.382 e. The van der Waals surface area contributed by atoms with Gasteiger partial charge in [-0.3, -0.25) is 0 Å². The van der Waals surface area contributed by atoms with E-state index in [1.807, 2.05) is 18.2 Å². The summed E-state index contributed by atoms with van der Waals surface area (Å²) < 4.78 is 0.958. The molecule has 21 heavy (non-hydrogen) atoms. The van der Waals surface area contributed by atoms with Gasteiger partial charge in [0.1, 0.15) is 0 Å². The first-order chi connectivity index (χ1) is 9.97. The van der Waals surface area contributed by atoms with E-state index in [-0.39, 0.29) is 5.54 Å². The van der Waals surface area contributed by atoms with E-state index in [9.17, 15) is 0 Å². The van der Waals surface area contributed by atoms with E-state index in [0.717, 1.165) is 22.6 Å². The molecule has 0 saturated heterocycles. The summed E-state index contributed by atoms with van der Waals surface area (Å²) in [5, 5.41) is 12.5. The molecule has 3 nitrogen and oxygen atoms in total. The Labute approximate surface area is 136 Å². The molecule has 2 unspecified atom stereocenters. The Bertz CT molecular complexity index is 535. The highest BCUT2D eigenvalue weighted by Crippen LogP contribution is 2.36. The lowest BCUT2D eigenvalue weighted by atomic mass is 9.75. The van der Waals surface area contributed by atoms with Gasteiger partial charge in [-0.2, -0.15) is 5.26 Å². The second kappa shape index (κ2) is 6.81. The molecule has 114 valence electrons. The standard InChI is InChI=1S/C17H24BrN3/c1-13-5-4-8-17(10-13,21(2)3)12-20-16-7-6-14(11-19)9-15(16)18/h6-7,9,13,20H,4-5,8,10,12H2,1-3H3. The minimum atomic E-state index is 0.227. The van der Waals surface area contributed by atoms with E-state index < -0.39 is 0 Å². The Kier molecular flexibility index (Phi) is 5.29. The zero-order valence-corrected chi connectivity index (χ0v) is 14.7. The lowest BCUT2D eigenvalue weighted by molar-refractivity contribution is 0.0882. The molecule has 0 radical (unpaired) electrons. The van der Waals surface area contributed by atoms with Gasteiger partial charge in [-0.25, -0.2) is 0 Å². The highest BCUT2D eigenvalue weighted by molar-refractivity contribution is 9.10. The molecule has 1 aliphatic carbocycles. The predicted molar refractivity (Wildman–Crippen MR) is 91.4 cm³/mol. The Morgan fingerprint density at radius 1 is 1.48 bits per heavy atom. The molecule has 1 saturated carbocycles. The van der Waals surface area contributed by atoms with Crippen molar-refractivity contribution in [3.63, 3.8) is 0 Å². The van der Waals surface area contributed by atoms with E-state index in [4.69, 9.17) is 5.26 Å². The third kappa shape index (κ3) is 3.78. The monoisotopic (exact) mass is 349 g/mol. The van der Waals surface area contributed by atoms with E-state index in [0.29, 0.717) is 5.56 Å². The van der Waals surface area contributed by atoms with Crippen LogP contribution in [0.2, 0.25) is 0 Å². The number of nitrogens with one attached hydrogen (secondary N) is 1. The number of likely N-dealkylation sites (N-methyl/N-ethyl adjacent to an activating group) is 1. The highest BCUT2D eigenvalue weighted by Gasteiger charge is 2.36. The van der Waals surface area contributed by atoms with E-state index in [2.05, 4.69) is 53.2 Å². The number of halogens is 1. The van der Waals surface area contributed by atoms with Gasteiger partial charge in [-0.1, -0.05) is 19.8 Å². The van der Waals surface area contributed by atoms with E-state index in [1.54, 1.807) is 0 Å². The van der Waals surface area contributed by atoms with Gasteiger partial charge in [0.05, 0.1) is 11.6 Å². The molecule has 1 aliphatic rings. The molecular weight excluding hydrogens is 326 g/mol. The Balaban J connectivity index is 2.11. The van der Waals surface area contributed by atoms with Crippen molar-refractivity contribution in [2.75, 3.05) is 26.0 Å². The average molecular weight is 350 g/mol. The summed E-state index contributed by atoms with van der Waals surface area (Å²) in [5.41, 5.74) is 1.97. The van der Waals surface area contributed by atoms with Gasteiger partial charge in [0, 0.05) is 22.2 Å². The molecule has 1 fully saturated rings. The molecule has 0 amide bonds. The maximum absolute atomic E-state index is 8.93. The summed E-state index contributed by atoms with van der Waals surface area (Å²) in [6.45, 7) is 3.30. The Morgan fingerprint density at radius 2 is 2.24 bits per heavy atom. The maximum Gasteiger partial charge on any atom is 0.0992 e. The third-order valence-corrected chi connectivity index (χ3v) is 5.38. The van der Waals surface area contributed by atoms with Gasteiger partial charge in [0.15, 0.2) is 0 Å². The molecule has 0 heterocycles. The number of benzene rings is 1. The van der Waals surface area contributed by atoms with Gasteiger partial charge in [0.2, 0.25) is 0 Å². The molecule has 0 spiro atoms. The fourth-order valence-corrected chi connectivity index (χ4v) is 3.86. The maximum atomic E-state index is 8.93. The lowest BCUT2D eigenvalue weighted by Gasteiger charge is -2.45. The summed E-state index contributed by atoms with van der Waals surface area (Å²) in [6, 6.07) is 7.88. The number of nitriles is 1. The van der Waals surface area contributed by atoms with Gasteiger partial charge in [-0.15, -0.1) is 0 Å². The van der Waals surface area contributed by atoms with Crippen LogP contribution < -0.4 is 5.32 Å².